The highest BCUT2D eigenvalue weighted by atomic mass is 32.2. The molecule has 2 aromatic heterocycles. The van der Waals surface area contributed by atoms with E-state index in [0.29, 0.717) is 21.6 Å². The Morgan fingerprint density at radius 1 is 1.38 bits per heavy atom. The third kappa shape index (κ3) is 3.32. The maximum absolute atomic E-state index is 11.9. The molecule has 0 aliphatic rings. The second-order valence-electron chi connectivity index (χ2n) is 4.22. The Morgan fingerprint density at radius 3 is 3.00 bits per heavy atom. The van der Waals surface area contributed by atoms with Crippen LogP contribution in [-0.2, 0) is 5.75 Å². The number of benzene rings is 1. The molecule has 0 unspecified atom stereocenters. The average Bonchev–Trinajstić information content (AvgIpc) is 2.95. The Bertz CT molecular complexity index is 839. The summed E-state index contributed by atoms with van der Waals surface area (Å²) < 4.78 is 1.53. The first kappa shape index (κ1) is 13.8. The van der Waals surface area contributed by atoms with Crippen LogP contribution in [0.3, 0.4) is 0 Å². The number of rotatable bonds is 3. The molecule has 106 valence electrons. The predicted octanol–water partition coefficient (Wildman–Crippen LogP) is 2.64. The van der Waals surface area contributed by atoms with Crippen LogP contribution < -0.4 is 11.3 Å². The molecule has 3 rings (SSSR count). The number of aromatic nitrogens is 2. The highest BCUT2D eigenvalue weighted by Gasteiger charge is 2.04. The van der Waals surface area contributed by atoms with Crippen molar-refractivity contribution in [2.24, 2.45) is 10.7 Å². The number of thiazole rings is 1. The Balaban J connectivity index is 1.74. The quantitative estimate of drug-likeness (QED) is 0.595. The van der Waals surface area contributed by atoms with Gasteiger partial charge in [-0.05, 0) is 12.1 Å². The molecular weight excluding hydrogens is 304 g/mol. The summed E-state index contributed by atoms with van der Waals surface area (Å²) in [5.74, 6) is 0.520. The third-order valence-electron chi connectivity index (χ3n) is 2.72. The Labute approximate surface area is 129 Å². The Morgan fingerprint density at radius 2 is 2.19 bits per heavy atom. The lowest BCUT2D eigenvalue weighted by atomic mass is 10.3. The molecule has 0 amide bonds. The number of amidine groups is 1. The summed E-state index contributed by atoms with van der Waals surface area (Å²) in [5.41, 5.74) is 7.33. The van der Waals surface area contributed by atoms with E-state index in [1.54, 1.807) is 6.20 Å². The zero-order valence-electron chi connectivity index (χ0n) is 11.0. The molecule has 7 heteroatoms. The molecule has 2 N–H and O–H groups in total. The van der Waals surface area contributed by atoms with E-state index in [4.69, 9.17) is 5.73 Å². The average molecular weight is 316 g/mol. The third-order valence-corrected chi connectivity index (χ3v) is 4.30. The zero-order chi connectivity index (χ0) is 14.7. The minimum absolute atomic E-state index is 0.0737. The second kappa shape index (κ2) is 6.11. The molecule has 0 bridgehead atoms. The fraction of sp³-hybridized carbons (Fsp3) is 0.0714. The van der Waals surface area contributed by atoms with Crippen molar-refractivity contribution in [1.29, 1.82) is 0 Å². The number of hydrogen-bond acceptors (Lipinski definition) is 5. The van der Waals surface area contributed by atoms with Crippen molar-refractivity contribution in [1.82, 2.24) is 9.38 Å². The van der Waals surface area contributed by atoms with Crippen LogP contribution in [0.25, 0.3) is 4.96 Å². The van der Waals surface area contributed by atoms with Gasteiger partial charge in [-0.15, -0.1) is 11.3 Å². The number of thioether (sulfide) groups is 1. The van der Waals surface area contributed by atoms with E-state index in [9.17, 15) is 4.79 Å². The van der Waals surface area contributed by atoms with E-state index < -0.39 is 0 Å². The van der Waals surface area contributed by atoms with Crippen LogP contribution in [0.2, 0.25) is 0 Å². The van der Waals surface area contributed by atoms with Crippen LogP contribution in [0.4, 0.5) is 5.69 Å². The van der Waals surface area contributed by atoms with Gasteiger partial charge in [0.05, 0.1) is 11.4 Å². The first-order chi connectivity index (χ1) is 10.2. The zero-order valence-corrected chi connectivity index (χ0v) is 12.6. The normalized spacial score (nSPS) is 11.9. The number of para-hydroxylation sites is 1. The fourth-order valence-electron chi connectivity index (χ4n) is 1.77. The van der Waals surface area contributed by atoms with E-state index in [2.05, 4.69) is 9.98 Å². The molecule has 0 radical (unpaired) electrons. The standard InChI is InChI=1S/C14H12N4OS2/c15-13(16-10-4-2-1-3-5-10)21-9-11-8-12(19)18-6-7-20-14(18)17-11/h1-8H,9H2,(H2,15,16). The molecule has 3 aromatic rings. The van der Waals surface area contributed by atoms with Gasteiger partial charge in [-0.25, -0.2) is 9.98 Å². The molecule has 0 aliphatic carbocycles. The molecule has 0 saturated carbocycles. The molecule has 21 heavy (non-hydrogen) atoms. The number of fused-ring (bicyclic) bond motifs is 1. The molecule has 0 spiro atoms. The van der Waals surface area contributed by atoms with Crippen LogP contribution in [-0.4, -0.2) is 14.6 Å². The monoisotopic (exact) mass is 316 g/mol. The van der Waals surface area contributed by atoms with E-state index >= 15 is 0 Å². The van der Waals surface area contributed by atoms with Crippen LogP contribution in [0.5, 0.6) is 0 Å². The van der Waals surface area contributed by atoms with Gasteiger partial charge in [0.1, 0.15) is 0 Å². The predicted molar refractivity (Wildman–Crippen MR) is 88.4 cm³/mol. The topological polar surface area (TPSA) is 72.8 Å². The largest absolute Gasteiger partial charge is 0.378 e. The molecular formula is C14H12N4OS2. The second-order valence-corrected chi connectivity index (χ2v) is 6.08. The summed E-state index contributed by atoms with van der Waals surface area (Å²) in [4.78, 5) is 21.3. The van der Waals surface area contributed by atoms with E-state index in [-0.39, 0.29) is 5.56 Å². The molecule has 1 aromatic carbocycles. The van der Waals surface area contributed by atoms with Crippen LogP contribution in [0.15, 0.2) is 57.8 Å². The van der Waals surface area contributed by atoms with Gasteiger partial charge in [-0.2, -0.15) is 0 Å². The summed E-state index contributed by atoms with van der Waals surface area (Å²) >= 11 is 2.80. The van der Waals surface area contributed by atoms with Crippen LogP contribution >= 0.6 is 23.1 Å². The van der Waals surface area contributed by atoms with Gasteiger partial charge < -0.3 is 5.73 Å². The highest BCUT2D eigenvalue weighted by molar-refractivity contribution is 8.13. The van der Waals surface area contributed by atoms with Gasteiger partial charge in [-0.3, -0.25) is 9.20 Å². The number of nitrogens with two attached hydrogens (primary N) is 1. The molecule has 0 fully saturated rings. The van der Waals surface area contributed by atoms with Gasteiger partial charge in [0.15, 0.2) is 10.1 Å². The summed E-state index contributed by atoms with van der Waals surface area (Å²) in [7, 11) is 0. The first-order valence-corrected chi connectivity index (χ1v) is 8.07. The van der Waals surface area contributed by atoms with Gasteiger partial charge in [0, 0.05) is 23.4 Å². The van der Waals surface area contributed by atoms with Gasteiger partial charge in [0.2, 0.25) is 0 Å². The Kier molecular flexibility index (Phi) is 4.03. The van der Waals surface area contributed by atoms with Crippen LogP contribution in [0.1, 0.15) is 5.69 Å². The maximum Gasteiger partial charge on any atom is 0.258 e. The SMILES string of the molecule is NC(=Nc1ccccc1)SCc1cc(=O)n2ccsc2n1. The van der Waals surface area contributed by atoms with Crippen LogP contribution in [0, 0.1) is 0 Å². The van der Waals surface area contributed by atoms with E-state index in [1.807, 2.05) is 35.7 Å². The number of nitrogens with zero attached hydrogens (tertiary/aromatic N) is 3. The van der Waals surface area contributed by atoms with Gasteiger partial charge >= 0.3 is 0 Å². The summed E-state index contributed by atoms with van der Waals surface area (Å²) in [6.45, 7) is 0. The lowest BCUT2D eigenvalue weighted by Gasteiger charge is -2.01. The summed E-state index contributed by atoms with van der Waals surface area (Å²) in [5, 5.41) is 2.29. The maximum atomic E-state index is 11.9. The molecule has 5 nitrogen and oxygen atoms in total. The van der Waals surface area contributed by atoms with Gasteiger partial charge in [-0.1, -0.05) is 30.0 Å². The van der Waals surface area contributed by atoms with Crippen molar-refractivity contribution in [3.05, 3.63) is 64.0 Å². The van der Waals surface area contributed by atoms with Gasteiger partial charge in [0.25, 0.3) is 5.56 Å². The summed E-state index contributed by atoms with van der Waals surface area (Å²) in [6, 6.07) is 11.0. The van der Waals surface area contributed by atoms with E-state index in [0.717, 1.165) is 5.69 Å². The van der Waals surface area contributed by atoms with E-state index in [1.165, 1.54) is 33.6 Å². The Hall–Kier alpha value is -2.12. The smallest absolute Gasteiger partial charge is 0.258 e. The van der Waals surface area contributed by atoms with Crippen molar-refractivity contribution >= 4 is 38.9 Å². The summed E-state index contributed by atoms with van der Waals surface area (Å²) in [6.07, 6.45) is 1.72. The molecule has 0 atom stereocenters. The lowest BCUT2D eigenvalue weighted by molar-refractivity contribution is 1.04. The lowest BCUT2D eigenvalue weighted by Crippen LogP contribution is -2.13. The van der Waals surface area contributed by atoms with Crippen molar-refractivity contribution in [2.45, 2.75) is 5.75 Å². The molecule has 2 heterocycles. The molecule has 0 saturated heterocycles. The fourth-order valence-corrected chi connectivity index (χ4v) is 3.12. The minimum Gasteiger partial charge on any atom is -0.378 e. The molecule has 0 aliphatic heterocycles. The highest BCUT2D eigenvalue weighted by Crippen LogP contribution is 2.16. The van der Waals surface area contributed by atoms with Crippen molar-refractivity contribution in [3.63, 3.8) is 0 Å². The number of hydrogen-bond donors (Lipinski definition) is 1. The van der Waals surface area contributed by atoms with Crippen molar-refractivity contribution in [3.8, 4) is 0 Å². The number of aliphatic imine (C=N–C) groups is 1. The van der Waals surface area contributed by atoms with Crippen molar-refractivity contribution in [2.75, 3.05) is 0 Å². The van der Waals surface area contributed by atoms with Crippen molar-refractivity contribution < 1.29 is 0 Å². The minimum atomic E-state index is -0.0737. The first-order valence-electron chi connectivity index (χ1n) is 6.20.